The largest absolute Gasteiger partial charge is 0.376 e. The van der Waals surface area contributed by atoms with Crippen molar-refractivity contribution < 1.29 is 9.53 Å². The molecule has 0 unspecified atom stereocenters. The minimum atomic E-state index is -0.219. The van der Waals surface area contributed by atoms with Crippen molar-refractivity contribution in [2.24, 2.45) is 0 Å². The fraction of sp³-hybridized carbons (Fsp3) is 0.647. The van der Waals surface area contributed by atoms with E-state index in [4.69, 9.17) is 10.00 Å². The molecule has 2 amide bonds. The maximum absolute atomic E-state index is 12.6. The van der Waals surface area contributed by atoms with Gasteiger partial charge < -0.3 is 14.2 Å². The quantitative estimate of drug-likeness (QED) is 0.927. The van der Waals surface area contributed by atoms with Gasteiger partial charge in [0.05, 0.1) is 11.7 Å². The second-order valence-electron chi connectivity index (χ2n) is 6.87. The number of anilines is 1. The number of rotatable bonds is 4. The van der Waals surface area contributed by atoms with Crippen LogP contribution in [0.2, 0.25) is 0 Å². The van der Waals surface area contributed by atoms with Gasteiger partial charge in [0.1, 0.15) is 11.9 Å². The molecule has 0 spiro atoms. The number of nitrogens with zero attached hydrogens (tertiary/aromatic N) is 3. The van der Waals surface area contributed by atoms with E-state index in [2.05, 4.69) is 11.4 Å². The monoisotopic (exact) mass is 318 g/mol. The third-order valence-corrected chi connectivity index (χ3v) is 4.02. The molecule has 1 aromatic rings. The Morgan fingerprint density at radius 3 is 2.83 bits per heavy atom. The Hall–Kier alpha value is -2.00. The number of carbonyl (C=O) groups is 1. The van der Waals surface area contributed by atoms with Gasteiger partial charge in [-0.25, -0.2) is 4.79 Å². The van der Waals surface area contributed by atoms with Crippen LogP contribution in [0.4, 0.5) is 10.6 Å². The number of aromatic nitrogens is 1. The number of ether oxygens (including phenoxy) is 1. The summed E-state index contributed by atoms with van der Waals surface area (Å²) in [6.07, 6.45) is 3.96. The normalized spacial score (nSPS) is 17.8. The molecule has 23 heavy (non-hydrogen) atoms. The molecular formula is C17H26N4O2. The van der Waals surface area contributed by atoms with Crippen LogP contribution < -0.4 is 5.32 Å². The van der Waals surface area contributed by atoms with Gasteiger partial charge in [-0.1, -0.05) is 0 Å². The van der Waals surface area contributed by atoms with Gasteiger partial charge >= 0.3 is 6.03 Å². The van der Waals surface area contributed by atoms with Gasteiger partial charge in [0.15, 0.2) is 0 Å². The van der Waals surface area contributed by atoms with Gasteiger partial charge in [-0.2, -0.15) is 5.26 Å². The van der Waals surface area contributed by atoms with Crippen molar-refractivity contribution in [2.75, 3.05) is 25.0 Å². The average molecular weight is 318 g/mol. The lowest BCUT2D eigenvalue weighted by atomic mass is 10.1. The predicted molar refractivity (Wildman–Crippen MR) is 89.4 cm³/mol. The lowest BCUT2D eigenvalue weighted by molar-refractivity contribution is 0.0849. The number of nitrogens with one attached hydrogen (secondary N) is 1. The highest BCUT2D eigenvalue weighted by atomic mass is 16.5. The molecule has 0 radical (unpaired) electrons. The molecule has 2 rings (SSSR count). The van der Waals surface area contributed by atoms with Gasteiger partial charge in [0.2, 0.25) is 0 Å². The summed E-state index contributed by atoms with van der Waals surface area (Å²) in [6, 6.07) is 3.68. The Balaban J connectivity index is 2.11. The minimum absolute atomic E-state index is 0.129. The minimum Gasteiger partial charge on any atom is -0.376 e. The fourth-order valence-corrected chi connectivity index (χ4v) is 2.75. The molecule has 0 aromatic carbocycles. The molecule has 1 aliphatic rings. The van der Waals surface area contributed by atoms with Crippen molar-refractivity contribution in [3.63, 3.8) is 0 Å². The molecule has 1 N–H and O–H groups in total. The van der Waals surface area contributed by atoms with Crippen LogP contribution in [-0.4, -0.2) is 41.3 Å². The van der Waals surface area contributed by atoms with E-state index in [9.17, 15) is 4.79 Å². The van der Waals surface area contributed by atoms with Crippen LogP contribution in [0.3, 0.4) is 0 Å². The van der Waals surface area contributed by atoms with E-state index in [1.54, 1.807) is 17.2 Å². The molecule has 2 heterocycles. The Kier molecular flexibility index (Phi) is 5.32. The first-order valence-corrected chi connectivity index (χ1v) is 8.15. The van der Waals surface area contributed by atoms with Crippen molar-refractivity contribution in [1.29, 1.82) is 5.26 Å². The fourth-order valence-electron chi connectivity index (χ4n) is 2.75. The molecule has 0 bridgehead atoms. The molecule has 6 nitrogen and oxygen atoms in total. The van der Waals surface area contributed by atoms with Gasteiger partial charge in [-0.3, -0.25) is 5.32 Å². The molecule has 1 aliphatic heterocycles. The molecule has 1 atom stereocenters. The second kappa shape index (κ2) is 7.05. The van der Waals surface area contributed by atoms with E-state index in [0.717, 1.165) is 19.4 Å². The van der Waals surface area contributed by atoms with Gasteiger partial charge in [0, 0.05) is 31.4 Å². The van der Waals surface area contributed by atoms with Crippen LogP contribution in [0.25, 0.3) is 0 Å². The summed E-state index contributed by atoms with van der Waals surface area (Å²) >= 11 is 0. The topological polar surface area (TPSA) is 70.3 Å². The zero-order valence-corrected chi connectivity index (χ0v) is 14.4. The maximum atomic E-state index is 12.6. The highest BCUT2D eigenvalue weighted by Gasteiger charge is 2.24. The number of amides is 2. The Labute approximate surface area is 138 Å². The Morgan fingerprint density at radius 1 is 1.57 bits per heavy atom. The lowest BCUT2D eigenvalue weighted by Crippen LogP contribution is -2.40. The summed E-state index contributed by atoms with van der Waals surface area (Å²) in [5.74, 6) is 0.643. The van der Waals surface area contributed by atoms with E-state index in [0.29, 0.717) is 24.5 Å². The predicted octanol–water partition coefficient (Wildman–Crippen LogP) is 3.15. The molecule has 1 aromatic heterocycles. The van der Waals surface area contributed by atoms with E-state index in [1.807, 2.05) is 32.3 Å². The van der Waals surface area contributed by atoms with Gasteiger partial charge in [-0.05, 0) is 46.6 Å². The first-order valence-electron chi connectivity index (χ1n) is 8.15. The Morgan fingerprint density at radius 2 is 2.30 bits per heavy atom. The van der Waals surface area contributed by atoms with E-state index < -0.39 is 0 Å². The summed E-state index contributed by atoms with van der Waals surface area (Å²) < 4.78 is 7.54. The van der Waals surface area contributed by atoms with Gasteiger partial charge in [-0.15, -0.1) is 0 Å². The summed E-state index contributed by atoms with van der Waals surface area (Å²) in [5.41, 5.74) is 0.320. The smallest absolute Gasteiger partial charge is 0.323 e. The van der Waals surface area contributed by atoms with Crippen molar-refractivity contribution in [3.05, 3.63) is 17.8 Å². The number of likely N-dealkylation sites (N-methyl/N-ethyl adjacent to an activating group) is 1. The van der Waals surface area contributed by atoms with Gasteiger partial charge in [0.25, 0.3) is 0 Å². The van der Waals surface area contributed by atoms with Crippen LogP contribution in [0.1, 0.15) is 46.1 Å². The molecule has 1 fully saturated rings. The number of urea groups is 1. The zero-order chi connectivity index (χ0) is 17.0. The van der Waals surface area contributed by atoms with Crippen molar-refractivity contribution in [1.82, 2.24) is 9.47 Å². The van der Waals surface area contributed by atoms with Crippen LogP contribution in [-0.2, 0) is 10.3 Å². The van der Waals surface area contributed by atoms with Crippen LogP contribution in [0.15, 0.2) is 12.3 Å². The summed E-state index contributed by atoms with van der Waals surface area (Å²) in [6.45, 7) is 10.1. The van der Waals surface area contributed by atoms with Crippen molar-refractivity contribution >= 4 is 11.8 Å². The number of nitriles is 1. The molecular weight excluding hydrogens is 292 g/mol. The van der Waals surface area contributed by atoms with Crippen molar-refractivity contribution in [2.45, 2.75) is 52.2 Å². The first-order chi connectivity index (χ1) is 10.8. The summed E-state index contributed by atoms with van der Waals surface area (Å²) in [4.78, 5) is 14.3. The van der Waals surface area contributed by atoms with Crippen molar-refractivity contribution in [3.8, 4) is 6.07 Å². The number of hydrogen-bond donors (Lipinski definition) is 1. The molecule has 6 heteroatoms. The maximum Gasteiger partial charge on any atom is 0.323 e. The highest BCUT2D eigenvalue weighted by Crippen LogP contribution is 2.24. The van der Waals surface area contributed by atoms with E-state index in [-0.39, 0.29) is 17.7 Å². The molecule has 1 saturated heterocycles. The third kappa shape index (κ3) is 4.26. The zero-order valence-electron chi connectivity index (χ0n) is 14.4. The number of carbonyl (C=O) groups excluding carboxylic acids is 1. The lowest BCUT2D eigenvalue weighted by Gasteiger charge is -2.27. The van der Waals surface area contributed by atoms with Crippen LogP contribution >= 0.6 is 0 Å². The number of hydrogen-bond acceptors (Lipinski definition) is 3. The molecule has 126 valence electrons. The van der Waals surface area contributed by atoms with Crippen LogP contribution in [0, 0.1) is 11.3 Å². The van der Waals surface area contributed by atoms with E-state index >= 15 is 0 Å². The standard InChI is InChI=1S/C17H26N4O2/c1-5-20(12-14-7-6-8-23-14)16(22)19-15-9-13(10-18)11-21(15)17(2,3)4/h9,11,14H,5-8,12H2,1-4H3,(H,19,22)/t14-/m1/s1. The third-order valence-electron chi connectivity index (χ3n) is 4.02. The van der Waals surface area contributed by atoms with E-state index in [1.165, 1.54) is 0 Å². The average Bonchev–Trinajstić information content (AvgIpc) is 3.12. The molecule has 0 aliphatic carbocycles. The second-order valence-corrected chi connectivity index (χ2v) is 6.87. The Bertz CT molecular complexity index is 589. The molecule has 0 saturated carbocycles. The SMILES string of the molecule is CCN(C[C@H]1CCCO1)C(=O)Nc1cc(C#N)cn1C(C)(C)C. The van der Waals surface area contributed by atoms with Crippen LogP contribution in [0.5, 0.6) is 0 Å². The summed E-state index contributed by atoms with van der Waals surface area (Å²) in [5, 5.41) is 12.1. The first kappa shape index (κ1) is 17.4. The highest BCUT2D eigenvalue weighted by molar-refractivity contribution is 5.88. The summed E-state index contributed by atoms with van der Waals surface area (Å²) in [7, 11) is 0.